The second-order valence-electron chi connectivity index (χ2n) is 5.79. The molecule has 0 saturated carbocycles. The highest BCUT2D eigenvalue weighted by Gasteiger charge is 2.35. The van der Waals surface area contributed by atoms with Gasteiger partial charge in [-0.15, -0.1) is 0 Å². The number of halogens is 4. The Morgan fingerprint density at radius 2 is 2.14 bits per heavy atom. The molecule has 0 spiro atoms. The summed E-state index contributed by atoms with van der Waals surface area (Å²) in [5, 5.41) is 13.7. The quantitative estimate of drug-likeness (QED) is 0.391. The van der Waals surface area contributed by atoms with E-state index in [1.807, 2.05) is 0 Å². The number of thiocarbonyl (C=S) groups is 1. The fraction of sp³-hybridized carbons (Fsp3) is 0.400. The molecule has 0 aliphatic heterocycles. The first-order chi connectivity index (χ1) is 12.9. The predicted molar refractivity (Wildman–Crippen MR) is 101 cm³/mol. The lowest BCUT2D eigenvalue weighted by Gasteiger charge is -2.22. The summed E-state index contributed by atoms with van der Waals surface area (Å²) in [5.74, 6) is -2.61. The standard InChI is InChI=1S/C15H17ClF3N4O3S2/c1-2-22(13(27)5-7-28(25,26)10-15(17,18)19)12-9-23(20-14(12)16)11-4-3-6-21(24)8-11/h3-4,6,8-9,24H,2,5,7,10H2,1H3/q+1. The van der Waals surface area contributed by atoms with E-state index in [4.69, 9.17) is 23.8 Å². The van der Waals surface area contributed by atoms with E-state index < -0.39 is 27.5 Å². The van der Waals surface area contributed by atoms with Crippen LogP contribution in [0, 0.1) is 0 Å². The van der Waals surface area contributed by atoms with Gasteiger partial charge in [-0.1, -0.05) is 23.8 Å². The summed E-state index contributed by atoms with van der Waals surface area (Å²) < 4.78 is 62.5. The maximum absolute atomic E-state index is 12.3. The molecule has 154 valence electrons. The average molecular weight is 458 g/mol. The summed E-state index contributed by atoms with van der Waals surface area (Å²) in [5.41, 5.74) is 0.864. The van der Waals surface area contributed by atoms with E-state index in [2.05, 4.69) is 5.10 Å². The van der Waals surface area contributed by atoms with Crippen molar-refractivity contribution in [3.8, 4) is 5.69 Å². The molecule has 2 heterocycles. The third kappa shape index (κ3) is 6.04. The summed E-state index contributed by atoms with van der Waals surface area (Å²) in [6, 6.07) is 3.25. The van der Waals surface area contributed by atoms with Gasteiger partial charge < -0.3 is 4.90 Å². The summed E-state index contributed by atoms with van der Waals surface area (Å²) in [7, 11) is -4.33. The van der Waals surface area contributed by atoms with Crippen LogP contribution in [0.5, 0.6) is 0 Å². The molecule has 0 amide bonds. The first kappa shape index (κ1) is 22.4. The van der Waals surface area contributed by atoms with Crippen molar-refractivity contribution in [2.75, 3.05) is 23.0 Å². The molecule has 0 bridgehead atoms. The maximum Gasteiger partial charge on any atom is 0.402 e. The van der Waals surface area contributed by atoms with Crippen LogP contribution in [-0.2, 0) is 9.84 Å². The number of aromatic nitrogens is 3. The van der Waals surface area contributed by atoms with Crippen molar-refractivity contribution in [2.24, 2.45) is 0 Å². The van der Waals surface area contributed by atoms with Crippen LogP contribution >= 0.6 is 23.8 Å². The number of hydrogen-bond acceptors (Lipinski definition) is 5. The minimum atomic E-state index is -4.80. The highest BCUT2D eigenvalue weighted by molar-refractivity contribution is 7.91. The van der Waals surface area contributed by atoms with Gasteiger partial charge in [0.15, 0.2) is 15.0 Å². The van der Waals surface area contributed by atoms with Gasteiger partial charge >= 0.3 is 6.18 Å². The lowest BCUT2D eigenvalue weighted by Crippen LogP contribution is -2.32. The molecule has 1 N–H and O–H groups in total. The van der Waals surface area contributed by atoms with Gasteiger partial charge in [-0.05, 0) is 13.0 Å². The molecular formula is C15H17ClF3N4O3S2+. The van der Waals surface area contributed by atoms with Crippen LogP contribution in [0.3, 0.4) is 0 Å². The summed E-state index contributed by atoms with van der Waals surface area (Å²) in [4.78, 5) is 1.63. The minimum absolute atomic E-state index is 0.0655. The van der Waals surface area contributed by atoms with Gasteiger partial charge in [0.05, 0.1) is 22.6 Å². The lowest BCUT2D eigenvalue weighted by molar-refractivity contribution is -0.904. The molecule has 7 nitrogen and oxygen atoms in total. The number of alkyl halides is 3. The molecule has 2 aromatic rings. The minimum Gasteiger partial charge on any atom is -0.332 e. The van der Waals surface area contributed by atoms with Gasteiger partial charge in [0.1, 0.15) is 11.4 Å². The molecule has 0 radical (unpaired) electrons. The highest BCUT2D eigenvalue weighted by atomic mass is 35.5. The SMILES string of the molecule is CCN(C(=S)CCS(=O)(=O)CC(F)(F)F)c1cn(-c2ccc[n+](O)c2)nc1Cl. The Bertz CT molecular complexity index is 964. The topological polar surface area (TPSA) is 79.3 Å². The number of anilines is 1. The van der Waals surface area contributed by atoms with Crippen LogP contribution in [0.4, 0.5) is 18.9 Å². The largest absolute Gasteiger partial charge is 0.402 e. The molecule has 0 aliphatic rings. The van der Waals surface area contributed by atoms with Gasteiger partial charge in [-0.3, -0.25) is 5.21 Å². The molecule has 0 aromatic carbocycles. The Labute approximate surface area is 169 Å². The Kier molecular flexibility index (Phi) is 6.88. The third-order valence-corrected chi connectivity index (χ3v) is 5.89. The number of hydrogen-bond donors (Lipinski definition) is 1. The highest BCUT2D eigenvalue weighted by Crippen LogP contribution is 2.27. The van der Waals surface area contributed by atoms with Crippen LogP contribution < -0.4 is 9.63 Å². The smallest absolute Gasteiger partial charge is 0.332 e. The summed E-state index contributed by atoms with van der Waals surface area (Å²) >= 11 is 11.4. The molecule has 0 aliphatic carbocycles. The predicted octanol–water partition coefficient (Wildman–Crippen LogP) is 2.57. The van der Waals surface area contributed by atoms with Gasteiger partial charge in [-0.2, -0.15) is 18.3 Å². The van der Waals surface area contributed by atoms with Crippen LogP contribution in [-0.4, -0.2) is 52.6 Å². The van der Waals surface area contributed by atoms with E-state index in [1.54, 1.807) is 19.1 Å². The lowest BCUT2D eigenvalue weighted by atomic mass is 10.3. The Hall–Kier alpha value is -1.92. The maximum atomic E-state index is 12.3. The molecule has 0 fully saturated rings. The summed E-state index contributed by atoms with van der Waals surface area (Å²) in [6.07, 6.45) is -0.743. The molecule has 2 rings (SSSR count). The second-order valence-corrected chi connectivity index (χ2v) is 8.80. The molecule has 0 atom stereocenters. The molecule has 13 heteroatoms. The van der Waals surface area contributed by atoms with Crippen molar-refractivity contribution in [3.05, 3.63) is 35.9 Å². The monoisotopic (exact) mass is 457 g/mol. The van der Waals surface area contributed by atoms with Crippen LogP contribution in [0.25, 0.3) is 5.69 Å². The fourth-order valence-electron chi connectivity index (χ4n) is 2.42. The molecule has 0 saturated heterocycles. The molecule has 2 aromatic heterocycles. The van der Waals surface area contributed by atoms with Crippen molar-refractivity contribution in [3.63, 3.8) is 0 Å². The van der Waals surface area contributed by atoms with E-state index >= 15 is 0 Å². The number of rotatable bonds is 7. The molecule has 0 unspecified atom stereocenters. The van der Waals surface area contributed by atoms with Crippen LogP contribution in [0.1, 0.15) is 13.3 Å². The van der Waals surface area contributed by atoms with Gasteiger partial charge in [0, 0.05) is 23.8 Å². The van der Waals surface area contributed by atoms with E-state index in [0.29, 0.717) is 17.9 Å². The van der Waals surface area contributed by atoms with E-state index in [1.165, 1.54) is 28.2 Å². The first-order valence-corrected chi connectivity index (χ1v) is 10.6. The summed E-state index contributed by atoms with van der Waals surface area (Å²) in [6.45, 7) is 2.03. The fourth-order valence-corrected chi connectivity index (χ4v) is 4.26. The Morgan fingerprint density at radius 1 is 1.46 bits per heavy atom. The second kappa shape index (κ2) is 8.62. The van der Waals surface area contributed by atoms with Crippen LogP contribution in [0.15, 0.2) is 30.7 Å². The van der Waals surface area contributed by atoms with Gasteiger partial charge in [0.25, 0.3) is 0 Å². The van der Waals surface area contributed by atoms with E-state index in [0.717, 1.165) is 4.73 Å². The Morgan fingerprint density at radius 3 is 2.71 bits per heavy atom. The van der Waals surface area contributed by atoms with Crippen LogP contribution in [0.2, 0.25) is 5.15 Å². The van der Waals surface area contributed by atoms with E-state index in [9.17, 15) is 26.8 Å². The molecule has 28 heavy (non-hydrogen) atoms. The van der Waals surface area contributed by atoms with E-state index in [-0.39, 0.29) is 16.6 Å². The number of sulfone groups is 1. The number of nitrogens with zero attached hydrogens (tertiary/aromatic N) is 4. The van der Waals surface area contributed by atoms with Gasteiger partial charge in [0.2, 0.25) is 12.4 Å². The van der Waals surface area contributed by atoms with Gasteiger partial charge in [-0.25, -0.2) is 13.1 Å². The van der Waals surface area contributed by atoms with Crippen molar-refractivity contribution in [1.29, 1.82) is 0 Å². The van der Waals surface area contributed by atoms with Crippen molar-refractivity contribution < 1.29 is 31.5 Å². The van der Waals surface area contributed by atoms with Crippen molar-refractivity contribution in [2.45, 2.75) is 19.5 Å². The van der Waals surface area contributed by atoms with Crippen molar-refractivity contribution in [1.82, 2.24) is 9.78 Å². The first-order valence-electron chi connectivity index (χ1n) is 7.95. The van der Waals surface area contributed by atoms with Crippen molar-refractivity contribution >= 4 is 44.3 Å². The molecular weight excluding hydrogens is 441 g/mol. The zero-order chi connectivity index (χ0) is 21.1. The zero-order valence-electron chi connectivity index (χ0n) is 14.6. The third-order valence-electron chi connectivity index (χ3n) is 3.60. The number of pyridine rings is 1. The zero-order valence-corrected chi connectivity index (χ0v) is 17.0. The average Bonchev–Trinajstić information content (AvgIpc) is 2.93. The normalized spacial score (nSPS) is 12.2. The Balaban J connectivity index is 2.18.